The van der Waals surface area contributed by atoms with Crippen LogP contribution in [0.25, 0.3) is 0 Å². The van der Waals surface area contributed by atoms with E-state index in [1.165, 1.54) is 0 Å². The molecule has 0 aromatic carbocycles. The van der Waals surface area contributed by atoms with E-state index in [1.54, 1.807) is 0 Å². The quantitative estimate of drug-likeness (QED) is 0.686. The number of nitrogens with two attached hydrogens (primary N) is 1. The lowest BCUT2D eigenvalue weighted by Gasteiger charge is -2.18. The molecule has 1 amide bonds. The number of nitrogens with one attached hydrogen (secondary N) is 1. The molecular weight excluding hydrogens is 204 g/mol. The summed E-state index contributed by atoms with van der Waals surface area (Å²) in [6.07, 6.45) is 10.0. The van der Waals surface area contributed by atoms with Crippen LogP contribution in [0.3, 0.4) is 0 Å². The number of amides is 1. The van der Waals surface area contributed by atoms with Crippen LogP contribution in [0.5, 0.6) is 0 Å². The number of hydrogen-bond acceptors (Lipinski definition) is 3. The SMILES string of the molecule is NCCNC(=O)COC1CC/C=C/CCC1. The van der Waals surface area contributed by atoms with Crippen LogP contribution in [0, 0.1) is 0 Å². The van der Waals surface area contributed by atoms with Crippen LogP contribution in [0.2, 0.25) is 0 Å². The third-order valence-electron chi connectivity index (χ3n) is 2.64. The summed E-state index contributed by atoms with van der Waals surface area (Å²) in [5.74, 6) is -0.0666. The highest BCUT2D eigenvalue weighted by atomic mass is 16.5. The molecule has 0 saturated heterocycles. The first kappa shape index (κ1) is 13.2. The minimum Gasteiger partial charge on any atom is -0.368 e. The van der Waals surface area contributed by atoms with Crippen LogP contribution in [0.1, 0.15) is 32.1 Å². The van der Waals surface area contributed by atoms with Gasteiger partial charge in [0.1, 0.15) is 6.61 Å². The smallest absolute Gasteiger partial charge is 0.246 e. The summed E-state index contributed by atoms with van der Waals surface area (Å²) in [4.78, 5) is 11.3. The molecule has 0 fully saturated rings. The van der Waals surface area contributed by atoms with E-state index in [0.717, 1.165) is 32.1 Å². The Morgan fingerprint density at radius 3 is 3.00 bits per heavy atom. The van der Waals surface area contributed by atoms with Gasteiger partial charge in [0.15, 0.2) is 0 Å². The summed E-state index contributed by atoms with van der Waals surface area (Å²) in [5, 5.41) is 2.70. The molecule has 3 N–H and O–H groups in total. The van der Waals surface area contributed by atoms with Crippen LogP contribution in [0.4, 0.5) is 0 Å². The lowest BCUT2D eigenvalue weighted by Crippen LogP contribution is -2.33. The monoisotopic (exact) mass is 226 g/mol. The first-order chi connectivity index (χ1) is 7.83. The van der Waals surface area contributed by atoms with Crippen LogP contribution >= 0.6 is 0 Å². The fraction of sp³-hybridized carbons (Fsp3) is 0.750. The largest absolute Gasteiger partial charge is 0.368 e. The molecule has 1 aliphatic carbocycles. The van der Waals surface area contributed by atoms with Gasteiger partial charge in [-0.3, -0.25) is 4.79 Å². The maximum absolute atomic E-state index is 11.3. The van der Waals surface area contributed by atoms with Gasteiger partial charge in [-0.25, -0.2) is 0 Å². The van der Waals surface area contributed by atoms with Gasteiger partial charge in [-0.1, -0.05) is 12.2 Å². The van der Waals surface area contributed by atoms with E-state index in [1.807, 2.05) is 0 Å². The van der Waals surface area contributed by atoms with Crippen LogP contribution in [-0.2, 0) is 9.53 Å². The third-order valence-corrected chi connectivity index (χ3v) is 2.64. The molecule has 4 nitrogen and oxygen atoms in total. The summed E-state index contributed by atoms with van der Waals surface area (Å²) in [5.41, 5.74) is 5.29. The van der Waals surface area contributed by atoms with Crippen molar-refractivity contribution in [3.8, 4) is 0 Å². The van der Waals surface area contributed by atoms with Crippen molar-refractivity contribution in [2.24, 2.45) is 5.73 Å². The zero-order chi connectivity index (χ0) is 11.6. The van der Waals surface area contributed by atoms with Crippen molar-refractivity contribution in [3.63, 3.8) is 0 Å². The van der Waals surface area contributed by atoms with Gasteiger partial charge in [-0.2, -0.15) is 0 Å². The molecule has 0 aromatic heterocycles. The van der Waals surface area contributed by atoms with Crippen molar-refractivity contribution in [2.45, 2.75) is 38.2 Å². The van der Waals surface area contributed by atoms with Crippen LogP contribution in [-0.4, -0.2) is 31.7 Å². The Morgan fingerprint density at radius 1 is 1.38 bits per heavy atom. The molecule has 0 bridgehead atoms. The maximum atomic E-state index is 11.3. The molecule has 0 aliphatic heterocycles. The number of carbonyl (C=O) groups is 1. The zero-order valence-corrected chi connectivity index (χ0v) is 9.78. The Labute approximate surface area is 97.2 Å². The maximum Gasteiger partial charge on any atom is 0.246 e. The first-order valence-corrected chi connectivity index (χ1v) is 6.06. The summed E-state index contributed by atoms with van der Waals surface area (Å²) < 4.78 is 5.59. The highest BCUT2D eigenvalue weighted by molar-refractivity contribution is 5.77. The number of allylic oxidation sites excluding steroid dienone is 2. The van der Waals surface area contributed by atoms with Crippen molar-refractivity contribution in [3.05, 3.63) is 12.2 Å². The van der Waals surface area contributed by atoms with Crippen molar-refractivity contribution >= 4 is 5.91 Å². The van der Waals surface area contributed by atoms with Gasteiger partial charge in [-0.05, 0) is 32.1 Å². The minimum absolute atomic E-state index is 0.0666. The predicted octanol–water partition coefficient (Wildman–Crippen LogP) is 0.967. The molecular formula is C12H22N2O2. The molecule has 0 saturated carbocycles. The van der Waals surface area contributed by atoms with Gasteiger partial charge in [0.25, 0.3) is 0 Å². The van der Waals surface area contributed by atoms with E-state index >= 15 is 0 Å². The number of rotatable bonds is 5. The summed E-state index contributed by atoms with van der Waals surface area (Å²) in [6, 6.07) is 0. The average Bonchev–Trinajstić information content (AvgIpc) is 2.25. The van der Waals surface area contributed by atoms with Crippen molar-refractivity contribution < 1.29 is 9.53 Å². The van der Waals surface area contributed by atoms with E-state index in [4.69, 9.17) is 10.5 Å². The second-order valence-electron chi connectivity index (χ2n) is 4.05. The molecule has 16 heavy (non-hydrogen) atoms. The van der Waals surface area contributed by atoms with Gasteiger partial charge >= 0.3 is 0 Å². The Bertz CT molecular complexity index is 229. The summed E-state index contributed by atoms with van der Waals surface area (Å²) in [6.45, 7) is 1.16. The summed E-state index contributed by atoms with van der Waals surface area (Å²) >= 11 is 0. The Morgan fingerprint density at radius 2 is 2.19 bits per heavy atom. The number of hydrogen-bond donors (Lipinski definition) is 2. The molecule has 1 atom stereocenters. The molecule has 4 heteroatoms. The topological polar surface area (TPSA) is 64.3 Å². The Kier molecular flexibility index (Phi) is 6.85. The zero-order valence-electron chi connectivity index (χ0n) is 9.78. The normalized spacial score (nSPS) is 23.2. The van der Waals surface area contributed by atoms with E-state index in [0.29, 0.717) is 13.1 Å². The molecule has 1 rings (SSSR count). The van der Waals surface area contributed by atoms with Crippen molar-refractivity contribution in [1.29, 1.82) is 0 Å². The second kappa shape index (κ2) is 8.30. The third kappa shape index (κ3) is 5.88. The fourth-order valence-corrected chi connectivity index (χ4v) is 1.75. The highest BCUT2D eigenvalue weighted by Crippen LogP contribution is 2.15. The molecule has 1 aliphatic rings. The van der Waals surface area contributed by atoms with E-state index < -0.39 is 0 Å². The lowest BCUT2D eigenvalue weighted by atomic mass is 10.0. The van der Waals surface area contributed by atoms with Gasteiger partial charge in [0.05, 0.1) is 6.10 Å². The molecule has 0 heterocycles. The Balaban J connectivity index is 2.15. The first-order valence-electron chi connectivity index (χ1n) is 6.06. The molecule has 92 valence electrons. The van der Waals surface area contributed by atoms with Gasteiger partial charge in [0, 0.05) is 13.1 Å². The van der Waals surface area contributed by atoms with Gasteiger partial charge in [-0.15, -0.1) is 0 Å². The van der Waals surface area contributed by atoms with Gasteiger partial charge in [0.2, 0.25) is 5.91 Å². The highest BCUT2D eigenvalue weighted by Gasteiger charge is 2.11. The minimum atomic E-state index is -0.0666. The molecule has 0 aromatic rings. The fourth-order valence-electron chi connectivity index (χ4n) is 1.75. The number of ether oxygens (including phenoxy) is 1. The standard InChI is InChI=1S/C12H22N2O2/c13-8-9-14-12(15)10-16-11-6-4-2-1-3-5-7-11/h1-2,11H,3-10,13H2,(H,14,15)/b2-1+. The molecule has 0 spiro atoms. The van der Waals surface area contributed by atoms with Gasteiger partial charge < -0.3 is 15.8 Å². The molecule has 1 unspecified atom stereocenters. The lowest BCUT2D eigenvalue weighted by molar-refractivity contribution is -0.127. The van der Waals surface area contributed by atoms with Crippen LogP contribution < -0.4 is 11.1 Å². The van der Waals surface area contributed by atoms with E-state index in [9.17, 15) is 4.79 Å². The molecule has 0 radical (unpaired) electrons. The predicted molar refractivity (Wildman–Crippen MR) is 64.0 cm³/mol. The number of carbonyl (C=O) groups excluding carboxylic acids is 1. The van der Waals surface area contributed by atoms with E-state index in [-0.39, 0.29) is 18.6 Å². The van der Waals surface area contributed by atoms with Crippen LogP contribution in [0.15, 0.2) is 12.2 Å². The average molecular weight is 226 g/mol. The van der Waals surface area contributed by atoms with Crippen molar-refractivity contribution in [1.82, 2.24) is 5.32 Å². The second-order valence-corrected chi connectivity index (χ2v) is 4.05. The summed E-state index contributed by atoms with van der Waals surface area (Å²) in [7, 11) is 0. The van der Waals surface area contributed by atoms with E-state index in [2.05, 4.69) is 17.5 Å². The van der Waals surface area contributed by atoms with Crippen molar-refractivity contribution in [2.75, 3.05) is 19.7 Å². The Hall–Kier alpha value is -0.870.